The fourth-order valence-electron chi connectivity index (χ4n) is 1.13. The zero-order valence-corrected chi connectivity index (χ0v) is 9.56. The van der Waals surface area contributed by atoms with Gasteiger partial charge in [-0.15, -0.1) is 0 Å². The van der Waals surface area contributed by atoms with E-state index in [1.165, 1.54) is 19.1 Å². The number of amidine groups is 1. The Bertz CT molecular complexity index is 497. The third-order valence-electron chi connectivity index (χ3n) is 1.82. The standard InChI is InChI=1S/C9H9ClN4O3/c1-5(11)12-13-8-3-2-7(10)6(4-15)9(8)14(16)17/h2-4,13H,1H3,(H2,11,12). The van der Waals surface area contributed by atoms with Crippen LogP contribution in [0.15, 0.2) is 17.2 Å². The van der Waals surface area contributed by atoms with Gasteiger partial charge in [-0.2, -0.15) is 5.10 Å². The van der Waals surface area contributed by atoms with Crippen LogP contribution >= 0.6 is 11.6 Å². The Morgan fingerprint density at radius 1 is 1.65 bits per heavy atom. The summed E-state index contributed by atoms with van der Waals surface area (Å²) in [5.74, 6) is 0.196. The van der Waals surface area contributed by atoms with Crippen LogP contribution in [0.3, 0.4) is 0 Å². The molecule has 90 valence electrons. The van der Waals surface area contributed by atoms with Crippen LogP contribution in [0, 0.1) is 10.1 Å². The first-order valence-electron chi connectivity index (χ1n) is 4.45. The van der Waals surface area contributed by atoms with Gasteiger partial charge < -0.3 is 5.73 Å². The van der Waals surface area contributed by atoms with Crippen molar-refractivity contribution in [2.24, 2.45) is 10.8 Å². The number of halogens is 1. The monoisotopic (exact) mass is 256 g/mol. The Balaban J connectivity index is 3.35. The van der Waals surface area contributed by atoms with E-state index < -0.39 is 10.6 Å². The molecule has 0 aliphatic carbocycles. The molecule has 1 aromatic carbocycles. The maximum atomic E-state index is 10.9. The average Bonchev–Trinajstić information content (AvgIpc) is 2.26. The number of rotatable bonds is 4. The van der Waals surface area contributed by atoms with Crippen LogP contribution in [-0.2, 0) is 0 Å². The molecule has 0 fully saturated rings. The highest BCUT2D eigenvalue weighted by molar-refractivity contribution is 6.33. The molecule has 0 bridgehead atoms. The summed E-state index contributed by atoms with van der Waals surface area (Å²) in [5.41, 5.74) is 7.10. The molecule has 0 aliphatic heterocycles. The summed E-state index contributed by atoms with van der Waals surface area (Å²) < 4.78 is 0. The van der Waals surface area contributed by atoms with Crippen LogP contribution in [0.2, 0.25) is 5.02 Å². The number of anilines is 1. The third-order valence-corrected chi connectivity index (χ3v) is 2.15. The fraction of sp³-hybridized carbons (Fsp3) is 0.111. The van der Waals surface area contributed by atoms with Crippen LogP contribution in [0.4, 0.5) is 11.4 Å². The van der Waals surface area contributed by atoms with E-state index in [0.717, 1.165) is 0 Å². The van der Waals surface area contributed by atoms with Gasteiger partial charge in [-0.1, -0.05) is 11.6 Å². The number of nitrogens with zero attached hydrogens (tertiary/aromatic N) is 2. The van der Waals surface area contributed by atoms with Crippen LogP contribution in [-0.4, -0.2) is 17.0 Å². The van der Waals surface area contributed by atoms with Gasteiger partial charge in [-0.05, 0) is 19.1 Å². The molecule has 8 heteroatoms. The Kier molecular flexibility index (Phi) is 4.00. The number of benzene rings is 1. The normalized spacial score (nSPS) is 11.1. The Morgan fingerprint density at radius 2 is 2.29 bits per heavy atom. The highest BCUT2D eigenvalue weighted by Gasteiger charge is 2.22. The van der Waals surface area contributed by atoms with E-state index in [9.17, 15) is 14.9 Å². The van der Waals surface area contributed by atoms with Gasteiger partial charge in [-0.25, -0.2) is 0 Å². The Morgan fingerprint density at radius 3 is 2.76 bits per heavy atom. The SMILES string of the molecule is C/C(N)=N/Nc1ccc(Cl)c(C=O)c1[N+](=O)[O-]. The summed E-state index contributed by atoms with van der Waals surface area (Å²) in [6.07, 6.45) is 0.324. The summed E-state index contributed by atoms with van der Waals surface area (Å²) in [6, 6.07) is 2.71. The average molecular weight is 257 g/mol. The molecule has 0 aliphatic rings. The minimum atomic E-state index is -0.709. The summed E-state index contributed by atoms with van der Waals surface area (Å²) in [6.45, 7) is 1.51. The predicted molar refractivity (Wildman–Crippen MR) is 64.4 cm³/mol. The van der Waals surface area contributed by atoms with Gasteiger partial charge in [0.05, 0.1) is 9.95 Å². The minimum absolute atomic E-state index is 0.00528. The van der Waals surface area contributed by atoms with E-state index >= 15 is 0 Å². The van der Waals surface area contributed by atoms with Gasteiger partial charge in [0.1, 0.15) is 17.1 Å². The van der Waals surface area contributed by atoms with Crippen molar-refractivity contribution in [2.75, 3.05) is 5.43 Å². The Hall–Kier alpha value is -2.15. The molecular formula is C9H9ClN4O3. The lowest BCUT2D eigenvalue weighted by Gasteiger charge is -2.05. The number of nitro benzene ring substituents is 1. The first-order chi connectivity index (χ1) is 7.97. The molecule has 1 rings (SSSR count). The summed E-state index contributed by atoms with van der Waals surface area (Å²) >= 11 is 5.68. The second-order valence-corrected chi connectivity index (χ2v) is 3.50. The quantitative estimate of drug-likeness (QED) is 0.280. The highest BCUT2D eigenvalue weighted by Crippen LogP contribution is 2.32. The van der Waals surface area contributed by atoms with Gasteiger partial charge >= 0.3 is 5.69 Å². The first kappa shape index (κ1) is 12.9. The minimum Gasteiger partial charge on any atom is -0.386 e. The molecule has 0 saturated heterocycles. The van der Waals surface area contributed by atoms with Gasteiger partial charge in [0.15, 0.2) is 6.29 Å². The van der Waals surface area contributed by atoms with E-state index in [-0.39, 0.29) is 22.1 Å². The lowest BCUT2D eigenvalue weighted by Crippen LogP contribution is -2.09. The van der Waals surface area contributed by atoms with Crippen molar-refractivity contribution in [3.8, 4) is 0 Å². The molecule has 3 N–H and O–H groups in total. The number of nitro groups is 1. The zero-order chi connectivity index (χ0) is 13.0. The molecule has 0 unspecified atom stereocenters. The summed E-state index contributed by atoms with van der Waals surface area (Å²) in [5, 5.41) is 14.5. The molecule has 0 spiro atoms. The second kappa shape index (κ2) is 5.26. The van der Waals surface area contributed by atoms with Crippen molar-refractivity contribution in [3.05, 3.63) is 32.8 Å². The number of nitrogens with two attached hydrogens (primary N) is 1. The largest absolute Gasteiger partial charge is 0.386 e. The number of hydrogen-bond donors (Lipinski definition) is 2. The highest BCUT2D eigenvalue weighted by atomic mass is 35.5. The molecular weight excluding hydrogens is 248 g/mol. The van der Waals surface area contributed by atoms with Crippen LogP contribution < -0.4 is 11.2 Å². The van der Waals surface area contributed by atoms with Crippen LogP contribution in [0.25, 0.3) is 0 Å². The topological polar surface area (TPSA) is 111 Å². The van der Waals surface area contributed by atoms with E-state index in [1.54, 1.807) is 0 Å². The van der Waals surface area contributed by atoms with E-state index in [2.05, 4.69) is 10.5 Å². The van der Waals surface area contributed by atoms with E-state index in [0.29, 0.717) is 6.29 Å². The van der Waals surface area contributed by atoms with Gasteiger partial charge in [0, 0.05) is 0 Å². The van der Waals surface area contributed by atoms with Crippen LogP contribution in [0.5, 0.6) is 0 Å². The molecule has 0 atom stereocenters. The zero-order valence-electron chi connectivity index (χ0n) is 8.81. The molecule has 0 amide bonds. The maximum absolute atomic E-state index is 10.9. The van der Waals surface area contributed by atoms with E-state index in [4.69, 9.17) is 17.3 Å². The number of aldehydes is 1. The number of carbonyl (C=O) groups excluding carboxylic acids is 1. The molecule has 17 heavy (non-hydrogen) atoms. The lowest BCUT2D eigenvalue weighted by molar-refractivity contribution is -0.384. The summed E-state index contributed by atoms with van der Waals surface area (Å²) in [7, 11) is 0. The van der Waals surface area contributed by atoms with Crippen molar-refractivity contribution in [2.45, 2.75) is 6.92 Å². The number of carbonyl (C=O) groups is 1. The number of hydrogen-bond acceptors (Lipinski definition) is 5. The summed E-state index contributed by atoms with van der Waals surface area (Å²) in [4.78, 5) is 20.9. The molecule has 0 saturated carbocycles. The van der Waals surface area contributed by atoms with E-state index in [1.807, 2.05) is 0 Å². The molecule has 1 aromatic rings. The fourth-order valence-corrected chi connectivity index (χ4v) is 1.33. The molecule has 0 heterocycles. The van der Waals surface area contributed by atoms with Gasteiger partial charge in [0.25, 0.3) is 0 Å². The molecule has 7 nitrogen and oxygen atoms in total. The van der Waals surface area contributed by atoms with Crippen LogP contribution in [0.1, 0.15) is 17.3 Å². The number of hydrazone groups is 1. The third kappa shape index (κ3) is 2.91. The Labute approximate surface area is 101 Å². The molecule has 0 aromatic heterocycles. The smallest absolute Gasteiger partial charge is 0.306 e. The van der Waals surface area contributed by atoms with Crippen molar-refractivity contribution in [1.82, 2.24) is 0 Å². The first-order valence-corrected chi connectivity index (χ1v) is 4.83. The molecule has 0 radical (unpaired) electrons. The van der Waals surface area contributed by atoms with Gasteiger partial charge in [-0.3, -0.25) is 20.3 Å². The van der Waals surface area contributed by atoms with Crippen molar-refractivity contribution in [3.63, 3.8) is 0 Å². The van der Waals surface area contributed by atoms with Crippen molar-refractivity contribution in [1.29, 1.82) is 0 Å². The predicted octanol–water partition coefficient (Wildman–Crippen LogP) is 1.76. The van der Waals surface area contributed by atoms with Crippen molar-refractivity contribution < 1.29 is 9.72 Å². The lowest BCUT2D eigenvalue weighted by atomic mass is 10.1. The second-order valence-electron chi connectivity index (χ2n) is 3.10. The number of nitrogens with one attached hydrogen (secondary N) is 1. The van der Waals surface area contributed by atoms with Gasteiger partial charge in [0.2, 0.25) is 0 Å². The van der Waals surface area contributed by atoms with Crippen molar-refractivity contribution >= 4 is 35.1 Å². The maximum Gasteiger partial charge on any atom is 0.306 e.